The molecule has 1 aromatic heterocycles. The third-order valence-corrected chi connectivity index (χ3v) is 2.54. The third kappa shape index (κ3) is 2.57. The van der Waals surface area contributed by atoms with Gasteiger partial charge in [-0.05, 0) is 38.1 Å². The molecule has 0 saturated carbocycles. The summed E-state index contributed by atoms with van der Waals surface area (Å²) in [4.78, 5) is 4.25. The van der Waals surface area contributed by atoms with Gasteiger partial charge in [-0.1, -0.05) is 0 Å². The Morgan fingerprint density at radius 2 is 1.93 bits per heavy atom. The van der Waals surface area contributed by atoms with Crippen LogP contribution in [0.25, 0.3) is 11.3 Å². The van der Waals surface area contributed by atoms with Crippen molar-refractivity contribution in [2.24, 2.45) is 0 Å². The molecule has 0 aliphatic carbocycles. The second kappa shape index (κ2) is 4.45. The number of benzene rings is 1. The highest BCUT2D eigenvalue weighted by molar-refractivity contribution is 7.07. The Morgan fingerprint density at radius 1 is 1.20 bits per heavy atom. The van der Waals surface area contributed by atoms with E-state index in [4.69, 9.17) is 4.74 Å². The van der Waals surface area contributed by atoms with E-state index in [9.17, 15) is 0 Å². The van der Waals surface area contributed by atoms with Gasteiger partial charge < -0.3 is 4.74 Å². The fraction of sp³-hybridized carbons (Fsp3) is 0.250. The van der Waals surface area contributed by atoms with E-state index in [-0.39, 0.29) is 6.10 Å². The first-order valence-corrected chi connectivity index (χ1v) is 5.85. The third-order valence-electron chi connectivity index (χ3n) is 1.95. The molecule has 3 heteroatoms. The predicted octanol–water partition coefficient (Wildman–Crippen LogP) is 3.60. The molecule has 2 rings (SSSR count). The molecule has 0 aliphatic heterocycles. The van der Waals surface area contributed by atoms with E-state index < -0.39 is 0 Å². The maximum absolute atomic E-state index is 5.57. The van der Waals surface area contributed by atoms with Crippen molar-refractivity contribution in [3.8, 4) is 17.0 Å². The molecule has 0 amide bonds. The van der Waals surface area contributed by atoms with Crippen LogP contribution < -0.4 is 4.74 Å². The van der Waals surface area contributed by atoms with Crippen molar-refractivity contribution in [1.29, 1.82) is 0 Å². The van der Waals surface area contributed by atoms with E-state index >= 15 is 0 Å². The maximum atomic E-state index is 5.57. The Balaban J connectivity index is 2.17. The van der Waals surface area contributed by atoms with Crippen molar-refractivity contribution >= 4 is 11.3 Å². The SMILES string of the molecule is CC(C)Oc1ccc(-c2cscn2)cc1. The maximum Gasteiger partial charge on any atom is 0.119 e. The zero-order chi connectivity index (χ0) is 10.7. The summed E-state index contributed by atoms with van der Waals surface area (Å²) in [6, 6.07) is 8.03. The summed E-state index contributed by atoms with van der Waals surface area (Å²) in [6.45, 7) is 4.04. The summed E-state index contributed by atoms with van der Waals surface area (Å²) < 4.78 is 5.57. The van der Waals surface area contributed by atoms with Gasteiger partial charge in [0.1, 0.15) is 5.75 Å². The number of nitrogens with zero attached hydrogens (tertiary/aromatic N) is 1. The summed E-state index contributed by atoms with van der Waals surface area (Å²) in [5.74, 6) is 0.906. The van der Waals surface area contributed by atoms with E-state index in [2.05, 4.69) is 4.98 Å². The quantitative estimate of drug-likeness (QED) is 0.787. The van der Waals surface area contributed by atoms with Gasteiger partial charge in [0.15, 0.2) is 0 Å². The van der Waals surface area contributed by atoms with Gasteiger partial charge in [0.05, 0.1) is 17.3 Å². The summed E-state index contributed by atoms with van der Waals surface area (Å²) in [7, 11) is 0. The zero-order valence-corrected chi connectivity index (χ0v) is 9.62. The van der Waals surface area contributed by atoms with Gasteiger partial charge >= 0.3 is 0 Å². The normalized spacial score (nSPS) is 10.6. The van der Waals surface area contributed by atoms with Crippen LogP contribution in [-0.2, 0) is 0 Å². The molecule has 78 valence electrons. The first-order chi connectivity index (χ1) is 7.25. The molecule has 1 aromatic carbocycles. The number of hydrogen-bond donors (Lipinski definition) is 0. The standard InChI is InChI=1S/C12H13NOS/c1-9(2)14-11-5-3-10(4-6-11)12-7-15-8-13-12/h3-9H,1-2H3. The molecule has 0 aliphatic rings. The zero-order valence-electron chi connectivity index (χ0n) is 8.81. The predicted molar refractivity (Wildman–Crippen MR) is 63.3 cm³/mol. The topological polar surface area (TPSA) is 22.1 Å². The summed E-state index contributed by atoms with van der Waals surface area (Å²) in [5.41, 5.74) is 4.00. The Bertz CT molecular complexity index is 406. The van der Waals surface area contributed by atoms with Crippen LogP contribution in [0.5, 0.6) is 5.75 Å². The van der Waals surface area contributed by atoms with Crippen molar-refractivity contribution in [3.63, 3.8) is 0 Å². The van der Waals surface area contributed by atoms with Gasteiger partial charge in [0, 0.05) is 10.9 Å². The molecule has 0 spiro atoms. The first-order valence-electron chi connectivity index (χ1n) is 4.91. The molecule has 2 nitrogen and oxygen atoms in total. The van der Waals surface area contributed by atoms with Crippen LogP contribution in [-0.4, -0.2) is 11.1 Å². The highest BCUT2D eigenvalue weighted by atomic mass is 32.1. The van der Waals surface area contributed by atoms with Crippen molar-refractivity contribution in [2.45, 2.75) is 20.0 Å². The molecule has 0 fully saturated rings. The molecule has 0 N–H and O–H groups in total. The molecular formula is C12H13NOS. The second-order valence-corrected chi connectivity index (χ2v) is 4.28. The van der Waals surface area contributed by atoms with E-state index in [1.165, 1.54) is 0 Å². The van der Waals surface area contributed by atoms with Crippen molar-refractivity contribution in [1.82, 2.24) is 4.98 Å². The van der Waals surface area contributed by atoms with E-state index in [1.807, 2.05) is 49.0 Å². The van der Waals surface area contributed by atoms with Crippen LogP contribution in [0, 0.1) is 0 Å². The number of thiazole rings is 1. The number of ether oxygens (including phenoxy) is 1. The van der Waals surface area contributed by atoms with Crippen molar-refractivity contribution in [3.05, 3.63) is 35.2 Å². The van der Waals surface area contributed by atoms with Crippen molar-refractivity contribution in [2.75, 3.05) is 0 Å². The summed E-state index contributed by atoms with van der Waals surface area (Å²) in [6.07, 6.45) is 0.218. The Labute approximate surface area is 93.6 Å². The van der Waals surface area contributed by atoms with Crippen molar-refractivity contribution < 1.29 is 4.74 Å². The second-order valence-electron chi connectivity index (χ2n) is 3.56. The molecule has 0 bridgehead atoms. The minimum absolute atomic E-state index is 0.218. The lowest BCUT2D eigenvalue weighted by molar-refractivity contribution is 0.242. The van der Waals surface area contributed by atoms with Crippen LogP contribution in [0.15, 0.2) is 35.2 Å². The molecule has 1 heterocycles. The number of hydrogen-bond acceptors (Lipinski definition) is 3. The van der Waals surface area contributed by atoms with E-state index in [0.717, 1.165) is 17.0 Å². The Morgan fingerprint density at radius 3 is 2.47 bits per heavy atom. The first kappa shape index (κ1) is 10.2. The highest BCUT2D eigenvalue weighted by Crippen LogP contribution is 2.22. The van der Waals surface area contributed by atoms with Crippen LogP contribution in [0.1, 0.15) is 13.8 Å². The van der Waals surface area contributed by atoms with Gasteiger partial charge in [-0.3, -0.25) is 0 Å². The number of aromatic nitrogens is 1. The molecule has 2 aromatic rings. The molecule has 15 heavy (non-hydrogen) atoms. The number of rotatable bonds is 3. The fourth-order valence-electron chi connectivity index (χ4n) is 1.33. The Hall–Kier alpha value is -1.35. The molecule has 0 atom stereocenters. The average molecular weight is 219 g/mol. The summed E-state index contributed by atoms with van der Waals surface area (Å²) in [5, 5.41) is 2.04. The minimum Gasteiger partial charge on any atom is -0.491 e. The van der Waals surface area contributed by atoms with E-state index in [1.54, 1.807) is 11.3 Å². The van der Waals surface area contributed by atoms with Gasteiger partial charge in [-0.15, -0.1) is 11.3 Å². The highest BCUT2D eigenvalue weighted by Gasteiger charge is 2.01. The molecule has 0 unspecified atom stereocenters. The minimum atomic E-state index is 0.218. The van der Waals surface area contributed by atoms with Crippen LogP contribution in [0.3, 0.4) is 0 Å². The lowest BCUT2D eigenvalue weighted by atomic mass is 10.2. The Kier molecular flexibility index (Phi) is 3.02. The lowest BCUT2D eigenvalue weighted by Crippen LogP contribution is -2.05. The van der Waals surface area contributed by atoms with Gasteiger partial charge in [0.25, 0.3) is 0 Å². The van der Waals surface area contributed by atoms with Gasteiger partial charge in [-0.2, -0.15) is 0 Å². The van der Waals surface area contributed by atoms with E-state index in [0.29, 0.717) is 0 Å². The van der Waals surface area contributed by atoms with Gasteiger partial charge in [0.2, 0.25) is 0 Å². The van der Waals surface area contributed by atoms with Crippen LogP contribution >= 0.6 is 11.3 Å². The van der Waals surface area contributed by atoms with Crippen LogP contribution in [0.2, 0.25) is 0 Å². The summed E-state index contributed by atoms with van der Waals surface area (Å²) >= 11 is 1.61. The monoisotopic (exact) mass is 219 g/mol. The average Bonchev–Trinajstić information content (AvgIpc) is 2.71. The lowest BCUT2D eigenvalue weighted by Gasteiger charge is -2.09. The molecular weight excluding hydrogens is 206 g/mol. The fourth-order valence-corrected chi connectivity index (χ4v) is 1.89. The van der Waals surface area contributed by atoms with Crippen LogP contribution in [0.4, 0.5) is 0 Å². The molecule has 0 radical (unpaired) electrons. The smallest absolute Gasteiger partial charge is 0.119 e. The largest absolute Gasteiger partial charge is 0.491 e. The molecule has 0 saturated heterocycles. The van der Waals surface area contributed by atoms with Gasteiger partial charge in [-0.25, -0.2) is 4.98 Å².